The highest BCUT2D eigenvalue weighted by Crippen LogP contribution is 2.34. The highest BCUT2D eigenvalue weighted by atomic mass is 32.2. The summed E-state index contributed by atoms with van der Waals surface area (Å²) in [6.45, 7) is 0.0551. The Morgan fingerprint density at radius 2 is 1.86 bits per heavy atom. The molecule has 0 radical (unpaired) electrons. The van der Waals surface area contributed by atoms with E-state index in [1.807, 2.05) is 0 Å². The van der Waals surface area contributed by atoms with Gasteiger partial charge in [0.2, 0.25) is 10.0 Å². The van der Waals surface area contributed by atoms with Gasteiger partial charge in [-0.3, -0.25) is 4.79 Å². The first-order valence-corrected chi connectivity index (χ1v) is 7.69. The maximum atomic E-state index is 12.4. The van der Waals surface area contributed by atoms with Gasteiger partial charge in [0.1, 0.15) is 17.9 Å². The second kappa shape index (κ2) is 4.85. The fourth-order valence-electron chi connectivity index (χ4n) is 2.53. The molecule has 2 atom stereocenters. The predicted molar refractivity (Wildman–Crippen MR) is 65.3 cm³/mol. The van der Waals surface area contributed by atoms with Crippen molar-refractivity contribution in [3.63, 3.8) is 0 Å². The highest BCUT2D eigenvalue weighted by molar-refractivity contribution is 7.89. The number of sulfonamides is 1. The van der Waals surface area contributed by atoms with Crippen LogP contribution in [0.15, 0.2) is 29.2 Å². The number of benzene rings is 1. The third-order valence-corrected chi connectivity index (χ3v) is 5.33. The number of fused-ring (bicyclic) bond motifs is 2. The SMILES string of the molecule is O=C1OC2CC1N(S(=O)(=O)c1ccc(OC(F)(F)F)cc1)C2. The van der Waals surface area contributed by atoms with Crippen molar-refractivity contribution in [1.29, 1.82) is 0 Å². The van der Waals surface area contributed by atoms with E-state index >= 15 is 0 Å². The zero-order chi connectivity index (χ0) is 16.1. The van der Waals surface area contributed by atoms with Crippen molar-refractivity contribution in [2.45, 2.75) is 29.8 Å². The highest BCUT2D eigenvalue weighted by Gasteiger charge is 2.51. The van der Waals surface area contributed by atoms with Gasteiger partial charge in [0.15, 0.2) is 0 Å². The van der Waals surface area contributed by atoms with Crippen molar-refractivity contribution >= 4 is 16.0 Å². The number of alkyl halides is 3. The molecular formula is C12H10F3NO5S. The molecule has 120 valence electrons. The number of ether oxygens (including phenoxy) is 2. The summed E-state index contributed by atoms with van der Waals surface area (Å²) in [5, 5.41) is 0. The van der Waals surface area contributed by atoms with Gasteiger partial charge in [-0.25, -0.2) is 8.42 Å². The summed E-state index contributed by atoms with van der Waals surface area (Å²) in [5.41, 5.74) is 0. The molecule has 2 saturated heterocycles. The Bertz CT molecular complexity index is 700. The quantitative estimate of drug-likeness (QED) is 0.777. The molecule has 0 aromatic heterocycles. The van der Waals surface area contributed by atoms with Crippen LogP contribution in [0.2, 0.25) is 0 Å². The molecule has 0 amide bonds. The summed E-state index contributed by atoms with van der Waals surface area (Å²) in [5.74, 6) is -1.12. The summed E-state index contributed by atoms with van der Waals surface area (Å²) >= 11 is 0. The molecule has 2 heterocycles. The van der Waals surface area contributed by atoms with Gasteiger partial charge in [-0.15, -0.1) is 13.2 Å². The topological polar surface area (TPSA) is 72.9 Å². The molecule has 0 aliphatic carbocycles. The molecule has 1 aromatic rings. The van der Waals surface area contributed by atoms with Crippen LogP contribution in [0.5, 0.6) is 5.75 Å². The monoisotopic (exact) mass is 337 g/mol. The number of rotatable bonds is 3. The summed E-state index contributed by atoms with van der Waals surface area (Å²) in [7, 11) is -3.97. The Labute approximate surface area is 123 Å². The Morgan fingerprint density at radius 1 is 1.23 bits per heavy atom. The Kier molecular flexibility index (Phi) is 3.33. The molecule has 10 heteroatoms. The lowest BCUT2D eigenvalue weighted by atomic mass is 10.2. The largest absolute Gasteiger partial charge is 0.573 e. The van der Waals surface area contributed by atoms with Crippen LogP contribution in [-0.2, 0) is 19.6 Å². The van der Waals surface area contributed by atoms with Gasteiger partial charge in [0.25, 0.3) is 0 Å². The average Bonchev–Trinajstić information content (AvgIpc) is 2.96. The van der Waals surface area contributed by atoms with Crippen LogP contribution in [0, 0.1) is 0 Å². The van der Waals surface area contributed by atoms with E-state index < -0.39 is 40.3 Å². The average molecular weight is 337 g/mol. The van der Waals surface area contributed by atoms with E-state index in [1.165, 1.54) is 0 Å². The molecule has 2 bridgehead atoms. The summed E-state index contributed by atoms with van der Waals surface area (Å²) < 4.78 is 70.6. The number of carbonyl (C=O) groups excluding carboxylic acids is 1. The van der Waals surface area contributed by atoms with Crippen LogP contribution in [0.4, 0.5) is 13.2 Å². The van der Waals surface area contributed by atoms with E-state index in [0.29, 0.717) is 6.42 Å². The Hall–Kier alpha value is -1.81. The molecule has 6 nitrogen and oxygen atoms in total. The maximum Gasteiger partial charge on any atom is 0.573 e. The fraction of sp³-hybridized carbons (Fsp3) is 0.417. The van der Waals surface area contributed by atoms with Crippen LogP contribution in [0.25, 0.3) is 0 Å². The predicted octanol–water partition coefficient (Wildman–Crippen LogP) is 1.27. The van der Waals surface area contributed by atoms with Crippen molar-refractivity contribution in [2.75, 3.05) is 6.54 Å². The van der Waals surface area contributed by atoms with Gasteiger partial charge in [0, 0.05) is 6.42 Å². The molecular weight excluding hydrogens is 327 g/mol. The van der Waals surface area contributed by atoms with Crippen LogP contribution in [0.3, 0.4) is 0 Å². The minimum absolute atomic E-state index is 0.0551. The lowest BCUT2D eigenvalue weighted by Gasteiger charge is -2.25. The molecule has 2 fully saturated rings. The summed E-state index contributed by atoms with van der Waals surface area (Å²) in [4.78, 5) is 11.3. The standard InChI is InChI=1S/C12H10F3NO5S/c13-12(14,15)21-7-1-3-9(4-2-7)22(18,19)16-6-8-5-10(16)11(17)20-8/h1-4,8,10H,5-6H2. The number of halogens is 3. The maximum absolute atomic E-state index is 12.4. The van der Waals surface area contributed by atoms with E-state index in [1.54, 1.807) is 0 Å². The molecule has 2 aliphatic rings. The van der Waals surface area contributed by atoms with E-state index in [9.17, 15) is 26.4 Å². The third-order valence-electron chi connectivity index (χ3n) is 3.44. The number of carbonyl (C=O) groups is 1. The van der Waals surface area contributed by atoms with Crippen molar-refractivity contribution in [3.8, 4) is 5.75 Å². The number of hydrogen-bond donors (Lipinski definition) is 0. The smallest absolute Gasteiger partial charge is 0.460 e. The van der Waals surface area contributed by atoms with Gasteiger partial charge in [-0.2, -0.15) is 4.31 Å². The molecule has 1 aromatic carbocycles. The molecule has 0 spiro atoms. The Morgan fingerprint density at radius 3 is 2.36 bits per heavy atom. The molecule has 0 saturated carbocycles. The van der Waals surface area contributed by atoms with Gasteiger partial charge in [0.05, 0.1) is 11.4 Å². The lowest BCUT2D eigenvalue weighted by Crippen LogP contribution is -2.44. The van der Waals surface area contributed by atoms with Crippen molar-refractivity contribution in [1.82, 2.24) is 4.31 Å². The van der Waals surface area contributed by atoms with E-state index in [2.05, 4.69) is 4.74 Å². The van der Waals surface area contributed by atoms with Crippen LogP contribution < -0.4 is 4.74 Å². The molecule has 0 N–H and O–H groups in total. The Balaban J connectivity index is 1.83. The number of nitrogens with zero attached hydrogens (tertiary/aromatic N) is 1. The molecule has 2 unspecified atom stereocenters. The molecule has 2 aliphatic heterocycles. The molecule has 22 heavy (non-hydrogen) atoms. The van der Waals surface area contributed by atoms with E-state index in [0.717, 1.165) is 28.6 Å². The summed E-state index contributed by atoms with van der Waals surface area (Å²) in [6.07, 6.45) is -5.01. The van der Waals surface area contributed by atoms with Crippen LogP contribution >= 0.6 is 0 Å². The molecule has 3 rings (SSSR count). The van der Waals surface area contributed by atoms with Crippen molar-refractivity contribution in [2.24, 2.45) is 0 Å². The first-order valence-electron chi connectivity index (χ1n) is 6.25. The minimum Gasteiger partial charge on any atom is -0.460 e. The normalized spacial score (nSPS) is 25.3. The van der Waals surface area contributed by atoms with E-state index in [-0.39, 0.29) is 11.4 Å². The number of morpholine rings is 1. The second-order valence-electron chi connectivity index (χ2n) is 4.90. The van der Waals surface area contributed by atoms with Crippen molar-refractivity contribution < 1.29 is 35.9 Å². The first kappa shape index (κ1) is 15.1. The third kappa shape index (κ3) is 2.63. The van der Waals surface area contributed by atoms with Crippen LogP contribution in [0.1, 0.15) is 6.42 Å². The van der Waals surface area contributed by atoms with Gasteiger partial charge < -0.3 is 9.47 Å². The van der Waals surface area contributed by atoms with Gasteiger partial charge >= 0.3 is 12.3 Å². The fourth-order valence-corrected chi connectivity index (χ4v) is 4.15. The number of esters is 1. The van der Waals surface area contributed by atoms with E-state index in [4.69, 9.17) is 4.74 Å². The zero-order valence-electron chi connectivity index (χ0n) is 10.9. The summed E-state index contributed by atoms with van der Waals surface area (Å²) in [6, 6.07) is 2.97. The second-order valence-corrected chi connectivity index (χ2v) is 6.79. The van der Waals surface area contributed by atoms with Gasteiger partial charge in [-0.1, -0.05) is 0 Å². The zero-order valence-corrected chi connectivity index (χ0v) is 11.7. The van der Waals surface area contributed by atoms with Gasteiger partial charge in [-0.05, 0) is 24.3 Å². The van der Waals surface area contributed by atoms with Crippen LogP contribution in [-0.4, -0.2) is 43.7 Å². The number of hydrogen-bond acceptors (Lipinski definition) is 5. The first-order chi connectivity index (χ1) is 10.2. The minimum atomic E-state index is -4.85. The van der Waals surface area contributed by atoms with Crippen molar-refractivity contribution in [3.05, 3.63) is 24.3 Å². The lowest BCUT2D eigenvalue weighted by molar-refractivity contribution is -0.274.